The SMILES string of the molecule is O=C(C=Cc1cccs1)Nc1ccc(OCc2ccccc2)cc1. The number of nitrogens with one attached hydrogen (secondary N) is 1. The van der Waals surface area contributed by atoms with Crippen molar-refractivity contribution in [2.24, 2.45) is 0 Å². The number of hydrogen-bond acceptors (Lipinski definition) is 3. The second-order valence-corrected chi connectivity index (χ2v) is 6.12. The Hall–Kier alpha value is -2.85. The average molecular weight is 335 g/mol. The van der Waals surface area contributed by atoms with Gasteiger partial charge >= 0.3 is 0 Å². The van der Waals surface area contributed by atoms with Crippen LogP contribution >= 0.6 is 11.3 Å². The molecule has 3 aromatic rings. The van der Waals surface area contributed by atoms with Gasteiger partial charge in [-0.05, 0) is 47.4 Å². The maximum absolute atomic E-state index is 11.9. The Balaban J connectivity index is 1.51. The number of hydrogen-bond donors (Lipinski definition) is 1. The lowest BCUT2D eigenvalue weighted by Crippen LogP contribution is -2.07. The van der Waals surface area contributed by atoms with Crippen LogP contribution < -0.4 is 10.1 Å². The van der Waals surface area contributed by atoms with Crippen LogP contribution in [0.5, 0.6) is 5.75 Å². The summed E-state index contributed by atoms with van der Waals surface area (Å²) < 4.78 is 5.72. The van der Waals surface area contributed by atoms with Gasteiger partial charge in [-0.2, -0.15) is 0 Å². The molecule has 2 aromatic carbocycles. The summed E-state index contributed by atoms with van der Waals surface area (Å²) >= 11 is 1.59. The van der Waals surface area contributed by atoms with Crippen LogP contribution in [0.1, 0.15) is 10.4 Å². The molecule has 1 N–H and O–H groups in total. The summed E-state index contributed by atoms with van der Waals surface area (Å²) in [5.74, 6) is 0.618. The first-order valence-electron chi connectivity index (χ1n) is 7.59. The summed E-state index contributed by atoms with van der Waals surface area (Å²) in [6.45, 7) is 0.524. The maximum atomic E-state index is 11.9. The Kier molecular flexibility index (Phi) is 5.43. The van der Waals surface area contributed by atoms with E-state index in [4.69, 9.17) is 4.74 Å². The third kappa shape index (κ3) is 4.83. The van der Waals surface area contributed by atoms with E-state index in [0.717, 1.165) is 21.9 Å². The molecule has 0 unspecified atom stereocenters. The van der Waals surface area contributed by atoms with Crippen molar-refractivity contribution < 1.29 is 9.53 Å². The van der Waals surface area contributed by atoms with Gasteiger partial charge in [-0.25, -0.2) is 0 Å². The molecule has 0 atom stereocenters. The number of rotatable bonds is 6. The molecule has 4 heteroatoms. The lowest BCUT2D eigenvalue weighted by atomic mass is 10.2. The Labute approximate surface area is 145 Å². The number of carbonyl (C=O) groups is 1. The smallest absolute Gasteiger partial charge is 0.248 e. The Bertz CT molecular complexity index is 793. The molecule has 0 bridgehead atoms. The monoisotopic (exact) mass is 335 g/mol. The van der Waals surface area contributed by atoms with Crippen molar-refractivity contribution in [3.8, 4) is 5.75 Å². The molecule has 120 valence electrons. The number of carbonyl (C=O) groups excluding carboxylic acids is 1. The summed E-state index contributed by atoms with van der Waals surface area (Å²) in [6.07, 6.45) is 3.34. The molecule has 0 fully saturated rings. The molecular weight excluding hydrogens is 318 g/mol. The van der Waals surface area contributed by atoms with Crippen molar-refractivity contribution in [1.82, 2.24) is 0 Å². The minimum Gasteiger partial charge on any atom is -0.489 e. The quantitative estimate of drug-likeness (QED) is 0.645. The summed E-state index contributed by atoms with van der Waals surface area (Å²) in [5, 5.41) is 4.81. The fraction of sp³-hybridized carbons (Fsp3) is 0.0500. The van der Waals surface area contributed by atoms with Gasteiger partial charge in [-0.1, -0.05) is 36.4 Å². The highest BCUT2D eigenvalue weighted by molar-refractivity contribution is 7.10. The molecule has 0 aliphatic heterocycles. The maximum Gasteiger partial charge on any atom is 0.248 e. The van der Waals surface area contributed by atoms with Crippen LogP contribution in [-0.2, 0) is 11.4 Å². The molecule has 3 rings (SSSR count). The van der Waals surface area contributed by atoms with Crippen LogP contribution in [0.2, 0.25) is 0 Å². The number of ether oxygens (including phenoxy) is 1. The number of amides is 1. The van der Waals surface area contributed by atoms with Crippen LogP contribution in [-0.4, -0.2) is 5.91 Å². The van der Waals surface area contributed by atoms with Crippen molar-refractivity contribution in [2.75, 3.05) is 5.32 Å². The molecule has 1 amide bonds. The topological polar surface area (TPSA) is 38.3 Å². The van der Waals surface area contributed by atoms with E-state index in [1.807, 2.05) is 72.1 Å². The van der Waals surface area contributed by atoms with Gasteiger partial charge in [0.15, 0.2) is 0 Å². The predicted molar refractivity (Wildman–Crippen MR) is 99.2 cm³/mol. The van der Waals surface area contributed by atoms with E-state index in [1.165, 1.54) is 6.08 Å². The van der Waals surface area contributed by atoms with Gasteiger partial charge in [-0.15, -0.1) is 11.3 Å². The zero-order valence-corrected chi connectivity index (χ0v) is 13.8. The summed E-state index contributed by atoms with van der Waals surface area (Å²) in [5.41, 5.74) is 1.86. The molecular formula is C20H17NO2S. The van der Waals surface area contributed by atoms with Gasteiger partial charge in [0.25, 0.3) is 0 Å². The van der Waals surface area contributed by atoms with Crippen molar-refractivity contribution in [1.29, 1.82) is 0 Å². The second kappa shape index (κ2) is 8.13. The molecule has 0 radical (unpaired) electrons. The summed E-state index contributed by atoms with van der Waals surface area (Å²) in [6, 6.07) is 21.3. The van der Waals surface area contributed by atoms with Crippen LogP contribution in [0.25, 0.3) is 6.08 Å². The second-order valence-electron chi connectivity index (χ2n) is 5.14. The van der Waals surface area contributed by atoms with Crippen LogP contribution in [0.4, 0.5) is 5.69 Å². The predicted octanol–water partition coefficient (Wildman–Crippen LogP) is 4.98. The summed E-state index contributed by atoms with van der Waals surface area (Å²) in [4.78, 5) is 12.9. The third-order valence-electron chi connectivity index (χ3n) is 3.31. The van der Waals surface area contributed by atoms with Gasteiger partial charge in [0.05, 0.1) is 0 Å². The third-order valence-corrected chi connectivity index (χ3v) is 4.15. The first-order chi connectivity index (χ1) is 11.8. The van der Waals surface area contributed by atoms with Crippen molar-refractivity contribution in [2.45, 2.75) is 6.61 Å². The zero-order valence-electron chi connectivity index (χ0n) is 13.0. The Morgan fingerprint density at radius 1 is 1.00 bits per heavy atom. The fourth-order valence-corrected chi connectivity index (χ4v) is 2.72. The van der Waals surface area contributed by atoms with E-state index >= 15 is 0 Å². The van der Waals surface area contributed by atoms with Crippen LogP contribution in [0.15, 0.2) is 78.2 Å². The van der Waals surface area contributed by atoms with Gasteiger partial charge in [0, 0.05) is 16.6 Å². The van der Waals surface area contributed by atoms with E-state index in [1.54, 1.807) is 17.4 Å². The largest absolute Gasteiger partial charge is 0.489 e. The molecule has 0 aliphatic carbocycles. The van der Waals surface area contributed by atoms with Gasteiger partial charge < -0.3 is 10.1 Å². The van der Waals surface area contributed by atoms with Crippen LogP contribution in [0.3, 0.4) is 0 Å². The van der Waals surface area contributed by atoms with E-state index in [2.05, 4.69) is 5.32 Å². The van der Waals surface area contributed by atoms with Gasteiger partial charge in [0.2, 0.25) is 5.91 Å². The highest BCUT2D eigenvalue weighted by Gasteiger charge is 2.00. The molecule has 0 saturated carbocycles. The lowest BCUT2D eigenvalue weighted by molar-refractivity contribution is -0.111. The molecule has 0 saturated heterocycles. The number of thiophene rings is 1. The molecule has 1 heterocycles. The van der Waals surface area contributed by atoms with Crippen molar-refractivity contribution in [3.05, 3.63) is 88.6 Å². The number of benzene rings is 2. The Morgan fingerprint density at radius 2 is 1.79 bits per heavy atom. The molecule has 0 spiro atoms. The minimum absolute atomic E-state index is 0.152. The fourth-order valence-electron chi connectivity index (χ4n) is 2.10. The van der Waals surface area contributed by atoms with Gasteiger partial charge in [-0.3, -0.25) is 4.79 Å². The average Bonchev–Trinajstić information content (AvgIpc) is 3.14. The van der Waals surface area contributed by atoms with E-state index in [0.29, 0.717) is 6.61 Å². The molecule has 24 heavy (non-hydrogen) atoms. The summed E-state index contributed by atoms with van der Waals surface area (Å²) in [7, 11) is 0. The zero-order chi connectivity index (χ0) is 16.6. The highest BCUT2D eigenvalue weighted by Crippen LogP contribution is 2.17. The first-order valence-corrected chi connectivity index (χ1v) is 8.47. The lowest BCUT2D eigenvalue weighted by Gasteiger charge is -2.07. The van der Waals surface area contributed by atoms with Crippen molar-refractivity contribution in [3.63, 3.8) is 0 Å². The number of anilines is 1. The first kappa shape index (κ1) is 16.0. The van der Waals surface area contributed by atoms with E-state index in [9.17, 15) is 4.79 Å². The Morgan fingerprint density at radius 3 is 2.50 bits per heavy atom. The molecule has 0 aliphatic rings. The molecule has 3 nitrogen and oxygen atoms in total. The van der Waals surface area contributed by atoms with Crippen LogP contribution in [0, 0.1) is 0 Å². The normalized spacial score (nSPS) is 10.7. The minimum atomic E-state index is -0.152. The highest BCUT2D eigenvalue weighted by atomic mass is 32.1. The standard InChI is InChI=1S/C20H17NO2S/c22-20(13-12-19-7-4-14-24-19)21-17-8-10-18(11-9-17)23-15-16-5-2-1-3-6-16/h1-14H,15H2,(H,21,22). The van der Waals surface area contributed by atoms with Gasteiger partial charge in [0.1, 0.15) is 12.4 Å². The molecule has 1 aromatic heterocycles. The van der Waals surface area contributed by atoms with E-state index in [-0.39, 0.29) is 5.91 Å². The van der Waals surface area contributed by atoms with E-state index < -0.39 is 0 Å². The van der Waals surface area contributed by atoms with Crippen molar-refractivity contribution >= 4 is 29.0 Å².